The molecule has 3 heteroatoms. The average molecular weight is 219 g/mol. The molecule has 1 aromatic rings. The summed E-state index contributed by atoms with van der Waals surface area (Å²) < 4.78 is 5.32. The fourth-order valence-electron chi connectivity index (χ4n) is 1.53. The van der Waals surface area contributed by atoms with E-state index in [0.717, 1.165) is 12.3 Å². The summed E-state index contributed by atoms with van der Waals surface area (Å²) in [5.74, 6) is 1.53. The highest BCUT2D eigenvalue weighted by Gasteiger charge is 2.21. The maximum Gasteiger partial charge on any atom is 0.251 e. The number of carbonyl (C=O) groups is 1. The first-order chi connectivity index (χ1) is 7.79. The van der Waals surface area contributed by atoms with Crippen LogP contribution < -0.4 is 10.1 Å². The summed E-state index contributed by atoms with van der Waals surface area (Å²) in [6, 6.07) is 7.26. The molecule has 1 aliphatic rings. The van der Waals surface area contributed by atoms with E-state index >= 15 is 0 Å². The molecule has 0 unspecified atom stereocenters. The molecule has 0 atom stereocenters. The predicted octanol–water partition coefficient (Wildman–Crippen LogP) is 2.23. The van der Waals surface area contributed by atoms with Gasteiger partial charge in [0.1, 0.15) is 5.75 Å². The number of hydrogen-bond donors (Lipinski definition) is 1. The zero-order chi connectivity index (χ0) is 11.4. The molecule has 1 saturated carbocycles. The highest BCUT2D eigenvalue weighted by Crippen LogP contribution is 2.27. The molecule has 0 saturated heterocycles. The van der Waals surface area contributed by atoms with E-state index in [0.29, 0.717) is 18.1 Å². The zero-order valence-corrected chi connectivity index (χ0v) is 9.53. The quantitative estimate of drug-likeness (QED) is 0.824. The Morgan fingerprint density at radius 2 is 2.06 bits per heavy atom. The third kappa shape index (κ3) is 2.99. The van der Waals surface area contributed by atoms with Crippen molar-refractivity contribution in [3.05, 3.63) is 29.8 Å². The Hall–Kier alpha value is -1.51. The highest BCUT2D eigenvalue weighted by molar-refractivity contribution is 5.94. The molecule has 1 aromatic carbocycles. The average Bonchev–Trinajstić information content (AvgIpc) is 3.11. The normalized spacial score (nSPS) is 14.6. The van der Waals surface area contributed by atoms with Crippen LogP contribution in [-0.4, -0.2) is 19.1 Å². The van der Waals surface area contributed by atoms with Crippen molar-refractivity contribution in [2.24, 2.45) is 5.92 Å². The van der Waals surface area contributed by atoms with Crippen LogP contribution in [-0.2, 0) is 0 Å². The summed E-state index contributed by atoms with van der Waals surface area (Å²) in [4.78, 5) is 11.7. The van der Waals surface area contributed by atoms with Crippen molar-refractivity contribution in [3.63, 3.8) is 0 Å². The summed E-state index contributed by atoms with van der Waals surface area (Å²) in [5, 5.41) is 2.93. The van der Waals surface area contributed by atoms with Gasteiger partial charge in [-0.15, -0.1) is 0 Å². The molecular formula is C13H17NO2. The number of nitrogens with one attached hydrogen (secondary N) is 1. The second-order valence-electron chi connectivity index (χ2n) is 4.11. The smallest absolute Gasteiger partial charge is 0.251 e. The number of benzene rings is 1. The fraction of sp³-hybridized carbons (Fsp3) is 0.462. The molecule has 0 radical (unpaired) electrons. The second-order valence-corrected chi connectivity index (χ2v) is 4.11. The van der Waals surface area contributed by atoms with Gasteiger partial charge < -0.3 is 10.1 Å². The van der Waals surface area contributed by atoms with Crippen molar-refractivity contribution in [1.82, 2.24) is 5.32 Å². The first-order valence-corrected chi connectivity index (χ1v) is 5.80. The van der Waals surface area contributed by atoms with E-state index in [1.807, 2.05) is 19.1 Å². The Balaban J connectivity index is 1.88. The maximum absolute atomic E-state index is 11.7. The van der Waals surface area contributed by atoms with Crippen molar-refractivity contribution in [2.75, 3.05) is 13.2 Å². The Bertz CT molecular complexity index is 355. The number of hydrogen-bond acceptors (Lipinski definition) is 2. The first-order valence-electron chi connectivity index (χ1n) is 5.80. The zero-order valence-electron chi connectivity index (χ0n) is 9.53. The SMILES string of the molecule is CCOc1ccc(C(=O)NCC2CC2)cc1. The minimum Gasteiger partial charge on any atom is -0.494 e. The van der Waals surface area contributed by atoms with Gasteiger partial charge in [0, 0.05) is 12.1 Å². The molecule has 1 fully saturated rings. The van der Waals surface area contributed by atoms with Crippen LogP contribution in [0.3, 0.4) is 0 Å². The van der Waals surface area contributed by atoms with Crippen LogP contribution >= 0.6 is 0 Å². The molecule has 0 bridgehead atoms. The standard InChI is InChI=1S/C13H17NO2/c1-2-16-12-7-5-11(6-8-12)13(15)14-9-10-3-4-10/h5-8,10H,2-4,9H2,1H3,(H,14,15). The van der Waals surface area contributed by atoms with Gasteiger partial charge in [0.05, 0.1) is 6.61 Å². The first kappa shape index (κ1) is 11.0. The van der Waals surface area contributed by atoms with Gasteiger partial charge >= 0.3 is 0 Å². The Labute approximate surface area is 95.8 Å². The van der Waals surface area contributed by atoms with E-state index in [9.17, 15) is 4.79 Å². The predicted molar refractivity (Wildman–Crippen MR) is 62.7 cm³/mol. The summed E-state index contributed by atoms with van der Waals surface area (Å²) in [5.41, 5.74) is 0.698. The Morgan fingerprint density at radius 3 is 2.62 bits per heavy atom. The van der Waals surface area contributed by atoms with Crippen molar-refractivity contribution in [3.8, 4) is 5.75 Å². The van der Waals surface area contributed by atoms with Crippen LogP contribution in [0.2, 0.25) is 0 Å². The topological polar surface area (TPSA) is 38.3 Å². The summed E-state index contributed by atoms with van der Waals surface area (Å²) in [6.45, 7) is 3.40. The van der Waals surface area contributed by atoms with E-state index in [-0.39, 0.29) is 5.91 Å². The van der Waals surface area contributed by atoms with Gasteiger partial charge in [-0.05, 0) is 49.9 Å². The van der Waals surface area contributed by atoms with Crippen molar-refractivity contribution in [2.45, 2.75) is 19.8 Å². The molecule has 0 heterocycles. The Kier molecular flexibility index (Phi) is 3.44. The lowest BCUT2D eigenvalue weighted by Gasteiger charge is -2.06. The summed E-state index contributed by atoms with van der Waals surface area (Å²) >= 11 is 0. The monoisotopic (exact) mass is 219 g/mol. The van der Waals surface area contributed by atoms with Gasteiger partial charge in [-0.2, -0.15) is 0 Å². The van der Waals surface area contributed by atoms with E-state index in [4.69, 9.17) is 4.74 Å². The summed E-state index contributed by atoms with van der Waals surface area (Å²) in [7, 11) is 0. The third-order valence-electron chi connectivity index (χ3n) is 2.68. The molecule has 16 heavy (non-hydrogen) atoms. The molecule has 0 aliphatic heterocycles. The number of ether oxygens (including phenoxy) is 1. The maximum atomic E-state index is 11.7. The lowest BCUT2D eigenvalue weighted by Crippen LogP contribution is -2.25. The molecule has 86 valence electrons. The van der Waals surface area contributed by atoms with Crippen LogP contribution in [0, 0.1) is 5.92 Å². The molecular weight excluding hydrogens is 202 g/mol. The summed E-state index contributed by atoms with van der Waals surface area (Å²) in [6.07, 6.45) is 2.51. The van der Waals surface area contributed by atoms with Gasteiger partial charge in [0.2, 0.25) is 0 Å². The van der Waals surface area contributed by atoms with Crippen LogP contribution in [0.4, 0.5) is 0 Å². The van der Waals surface area contributed by atoms with Gasteiger partial charge in [0.15, 0.2) is 0 Å². The van der Waals surface area contributed by atoms with Gasteiger partial charge in [-0.1, -0.05) is 0 Å². The molecule has 3 nitrogen and oxygen atoms in total. The number of amides is 1. The lowest BCUT2D eigenvalue weighted by atomic mass is 10.2. The molecule has 0 aromatic heterocycles. The van der Waals surface area contributed by atoms with Crippen LogP contribution in [0.5, 0.6) is 5.75 Å². The van der Waals surface area contributed by atoms with Crippen molar-refractivity contribution < 1.29 is 9.53 Å². The number of rotatable bonds is 5. The van der Waals surface area contributed by atoms with E-state index in [2.05, 4.69) is 5.32 Å². The van der Waals surface area contributed by atoms with Gasteiger partial charge in [-0.3, -0.25) is 4.79 Å². The molecule has 2 rings (SSSR count). The van der Waals surface area contributed by atoms with Gasteiger partial charge in [0.25, 0.3) is 5.91 Å². The minimum absolute atomic E-state index is 0.00921. The molecule has 1 aliphatic carbocycles. The van der Waals surface area contributed by atoms with Crippen molar-refractivity contribution >= 4 is 5.91 Å². The van der Waals surface area contributed by atoms with Crippen LogP contribution in [0.25, 0.3) is 0 Å². The van der Waals surface area contributed by atoms with Crippen LogP contribution in [0.1, 0.15) is 30.1 Å². The molecule has 1 N–H and O–H groups in total. The van der Waals surface area contributed by atoms with Crippen molar-refractivity contribution in [1.29, 1.82) is 0 Å². The molecule has 0 spiro atoms. The lowest BCUT2D eigenvalue weighted by molar-refractivity contribution is 0.0952. The fourth-order valence-corrected chi connectivity index (χ4v) is 1.53. The Morgan fingerprint density at radius 1 is 1.38 bits per heavy atom. The van der Waals surface area contributed by atoms with Crippen LogP contribution in [0.15, 0.2) is 24.3 Å². The minimum atomic E-state index is 0.00921. The van der Waals surface area contributed by atoms with E-state index in [1.54, 1.807) is 12.1 Å². The third-order valence-corrected chi connectivity index (χ3v) is 2.68. The highest BCUT2D eigenvalue weighted by atomic mass is 16.5. The molecule has 1 amide bonds. The van der Waals surface area contributed by atoms with E-state index in [1.165, 1.54) is 12.8 Å². The number of carbonyl (C=O) groups excluding carboxylic acids is 1. The van der Waals surface area contributed by atoms with Gasteiger partial charge in [-0.25, -0.2) is 0 Å². The van der Waals surface area contributed by atoms with E-state index < -0.39 is 0 Å². The second kappa shape index (κ2) is 5.01. The largest absolute Gasteiger partial charge is 0.494 e.